The zero-order valence-corrected chi connectivity index (χ0v) is 21.7. The second kappa shape index (κ2) is 11.1. The van der Waals surface area contributed by atoms with Crippen molar-refractivity contribution >= 4 is 44.6 Å². The number of nitrogens with zero attached hydrogens (tertiary/aromatic N) is 5. The summed E-state index contributed by atoms with van der Waals surface area (Å²) in [6.07, 6.45) is 3.08. The molecule has 0 saturated carbocycles. The molecule has 0 spiro atoms. The fraction of sp³-hybridized carbons (Fsp3) is 0.217. The van der Waals surface area contributed by atoms with Crippen LogP contribution in [0.15, 0.2) is 59.8 Å². The molecule has 0 aliphatic carbocycles. The van der Waals surface area contributed by atoms with Gasteiger partial charge < -0.3 is 20.6 Å². The average molecular weight is 545 g/mol. The van der Waals surface area contributed by atoms with Crippen molar-refractivity contribution in [1.82, 2.24) is 30.4 Å². The second-order valence-electron chi connectivity index (χ2n) is 8.10. The second-order valence-corrected chi connectivity index (χ2v) is 11.0. The molecule has 0 saturated heterocycles. The van der Waals surface area contributed by atoms with Gasteiger partial charge in [-0.05, 0) is 38.1 Å². The van der Waals surface area contributed by atoms with Crippen LogP contribution < -0.4 is 20.9 Å². The van der Waals surface area contributed by atoms with Crippen molar-refractivity contribution in [2.24, 2.45) is 0 Å². The third kappa shape index (κ3) is 5.80. The van der Waals surface area contributed by atoms with Crippen molar-refractivity contribution in [3.8, 4) is 11.4 Å². The molecule has 0 atom stereocenters. The normalized spacial score (nSPS) is 11.5. The Morgan fingerprint density at radius 3 is 2.65 bits per heavy atom. The first-order chi connectivity index (χ1) is 17.7. The van der Waals surface area contributed by atoms with E-state index < -0.39 is 15.1 Å². The summed E-state index contributed by atoms with van der Waals surface area (Å²) < 4.78 is 32.7. The maximum Gasteiger partial charge on any atom is 0.229 e. The minimum Gasteiger partial charge on any atom is -0.494 e. The zero-order valence-electron chi connectivity index (χ0n) is 20.2. The Morgan fingerprint density at radius 2 is 1.92 bits per heavy atom. The molecule has 4 aromatic rings. The molecule has 0 amide bonds. The van der Waals surface area contributed by atoms with E-state index in [0.29, 0.717) is 28.5 Å². The minimum absolute atomic E-state index is 0.150. The van der Waals surface area contributed by atoms with E-state index in [-0.39, 0.29) is 28.2 Å². The summed E-state index contributed by atoms with van der Waals surface area (Å²) in [5, 5.41) is 22.6. The van der Waals surface area contributed by atoms with Crippen molar-refractivity contribution in [2.45, 2.75) is 30.5 Å². The van der Waals surface area contributed by atoms with E-state index in [1.165, 1.54) is 19.4 Å². The van der Waals surface area contributed by atoms with Crippen LogP contribution >= 0.6 is 11.6 Å². The number of aromatic nitrogens is 5. The number of hydrogen-bond acceptors (Lipinski definition) is 11. The first-order valence-corrected chi connectivity index (χ1v) is 13.0. The maximum absolute atomic E-state index is 12.8. The molecule has 12 nitrogen and oxygen atoms in total. The summed E-state index contributed by atoms with van der Waals surface area (Å²) in [6, 6.07) is 11.9. The molecular weight excluding hydrogens is 520 g/mol. The van der Waals surface area contributed by atoms with E-state index in [4.69, 9.17) is 21.5 Å². The fourth-order valence-corrected chi connectivity index (χ4v) is 4.69. The highest BCUT2D eigenvalue weighted by atomic mass is 35.5. The number of ether oxygens (including phenoxy) is 1. The molecule has 0 aliphatic rings. The SMILES string of the molecule is COc1cc(-n2cc(CNO)nn2)ccc1Nc1ncc(Cl)c(Nc2ccccc2S(=O)(=O)C(C)C)n1. The molecule has 4 rings (SSSR count). The number of hydrogen-bond donors (Lipinski definition) is 4. The number of para-hydroxylation sites is 1. The van der Waals surface area contributed by atoms with Gasteiger partial charge in [0.1, 0.15) is 10.8 Å². The monoisotopic (exact) mass is 544 g/mol. The van der Waals surface area contributed by atoms with Crippen LogP contribution in [-0.2, 0) is 16.4 Å². The molecule has 2 aromatic carbocycles. The topological polar surface area (TPSA) is 156 Å². The lowest BCUT2D eigenvalue weighted by Gasteiger charge is -2.16. The number of rotatable bonds is 10. The van der Waals surface area contributed by atoms with Gasteiger partial charge in [0, 0.05) is 6.07 Å². The average Bonchev–Trinajstić information content (AvgIpc) is 3.35. The van der Waals surface area contributed by atoms with Crippen LogP contribution in [0.4, 0.5) is 23.1 Å². The van der Waals surface area contributed by atoms with Gasteiger partial charge in [-0.1, -0.05) is 28.9 Å². The summed E-state index contributed by atoms with van der Waals surface area (Å²) in [6.45, 7) is 3.41. The molecule has 194 valence electrons. The Morgan fingerprint density at radius 1 is 1.14 bits per heavy atom. The van der Waals surface area contributed by atoms with Gasteiger partial charge in [0.05, 0.1) is 58.9 Å². The number of anilines is 4. The van der Waals surface area contributed by atoms with E-state index in [1.807, 2.05) is 5.48 Å². The molecule has 14 heteroatoms. The van der Waals surface area contributed by atoms with Crippen LogP contribution in [0, 0.1) is 0 Å². The van der Waals surface area contributed by atoms with Crippen LogP contribution in [0.1, 0.15) is 19.5 Å². The zero-order chi connectivity index (χ0) is 26.6. The first kappa shape index (κ1) is 26.3. The van der Waals surface area contributed by atoms with Crippen LogP contribution in [0.5, 0.6) is 5.75 Å². The molecule has 0 aliphatic heterocycles. The van der Waals surface area contributed by atoms with Crippen LogP contribution in [0.25, 0.3) is 5.69 Å². The number of methoxy groups -OCH3 is 1. The highest BCUT2D eigenvalue weighted by Crippen LogP contribution is 2.32. The Bertz CT molecular complexity index is 1510. The molecule has 4 N–H and O–H groups in total. The van der Waals surface area contributed by atoms with E-state index in [0.717, 1.165) is 0 Å². The van der Waals surface area contributed by atoms with Gasteiger partial charge in [-0.3, -0.25) is 0 Å². The highest BCUT2D eigenvalue weighted by molar-refractivity contribution is 7.92. The Balaban J connectivity index is 1.61. The van der Waals surface area contributed by atoms with Gasteiger partial charge in [-0.15, -0.1) is 5.10 Å². The smallest absolute Gasteiger partial charge is 0.229 e. The number of halogens is 1. The summed E-state index contributed by atoms with van der Waals surface area (Å²) in [5.41, 5.74) is 4.20. The number of hydroxylamine groups is 1. The summed E-state index contributed by atoms with van der Waals surface area (Å²) in [5.74, 6) is 0.921. The van der Waals surface area contributed by atoms with E-state index in [1.54, 1.807) is 61.1 Å². The number of sulfone groups is 1. The van der Waals surface area contributed by atoms with Crippen molar-refractivity contribution in [1.29, 1.82) is 0 Å². The molecule has 0 fully saturated rings. The summed E-state index contributed by atoms with van der Waals surface area (Å²) in [7, 11) is -2.02. The fourth-order valence-electron chi connectivity index (χ4n) is 3.35. The van der Waals surface area contributed by atoms with E-state index >= 15 is 0 Å². The van der Waals surface area contributed by atoms with E-state index in [9.17, 15) is 8.42 Å². The summed E-state index contributed by atoms with van der Waals surface area (Å²) >= 11 is 6.32. The molecule has 0 radical (unpaired) electrons. The predicted octanol–water partition coefficient (Wildman–Crippen LogP) is 3.87. The lowest BCUT2D eigenvalue weighted by molar-refractivity contribution is 0.160. The quantitative estimate of drug-likeness (QED) is 0.215. The summed E-state index contributed by atoms with van der Waals surface area (Å²) in [4.78, 5) is 8.82. The third-order valence-electron chi connectivity index (χ3n) is 5.31. The van der Waals surface area contributed by atoms with Crippen molar-refractivity contribution in [2.75, 3.05) is 17.7 Å². The first-order valence-electron chi connectivity index (χ1n) is 11.1. The van der Waals surface area contributed by atoms with Crippen molar-refractivity contribution < 1.29 is 18.4 Å². The minimum atomic E-state index is -3.55. The van der Waals surface area contributed by atoms with Crippen LogP contribution in [0.3, 0.4) is 0 Å². The lowest BCUT2D eigenvalue weighted by Crippen LogP contribution is -2.15. The van der Waals surface area contributed by atoms with Gasteiger partial charge in [-0.25, -0.2) is 18.1 Å². The molecule has 0 bridgehead atoms. The van der Waals surface area contributed by atoms with Gasteiger partial charge in [0.25, 0.3) is 0 Å². The Labute approximate surface area is 218 Å². The van der Waals surface area contributed by atoms with Gasteiger partial charge >= 0.3 is 0 Å². The molecule has 2 aromatic heterocycles. The molecule has 0 unspecified atom stereocenters. The molecular formula is C23H25ClN8O4S. The van der Waals surface area contributed by atoms with Crippen LogP contribution in [0.2, 0.25) is 5.02 Å². The molecule has 37 heavy (non-hydrogen) atoms. The van der Waals surface area contributed by atoms with E-state index in [2.05, 4.69) is 30.9 Å². The Hall–Kier alpha value is -3.78. The third-order valence-corrected chi connectivity index (χ3v) is 7.80. The van der Waals surface area contributed by atoms with Crippen molar-refractivity contribution in [3.63, 3.8) is 0 Å². The van der Waals surface area contributed by atoms with Gasteiger partial charge in [-0.2, -0.15) is 10.5 Å². The number of benzene rings is 2. The standard InChI is InChI=1S/C23H25ClN8O4S/c1-14(2)37(34,35)21-7-5-4-6-19(21)27-22-17(24)12-25-23(29-22)28-18-9-8-16(10-20(18)36-3)32-13-15(11-26-33)30-31-32/h4-10,12-14,26,33H,11H2,1-3H3,(H2,25,27,28,29). The van der Waals surface area contributed by atoms with Crippen molar-refractivity contribution in [3.05, 3.63) is 65.6 Å². The maximum atomic E-state index is 12.8. The molecule has 2 heterocycles. The predicted molar refractivity (Wildman–Crippen MR) is 139 cm³/mol. The lowest BCUT2D eigenvalue weighted by atomic mass is 10.2. The van der Waals surface area contributed by atoms with Gasteiger partial charge in [0.15, 0.2) is 15.7 Å². The highest BCUT2D eigenvalue weighted by Gasteiger charge is 2.23. The Kier molecular flexibility index (Phi) is 7.88. The largest absolute Gasteiger partial charge is 0.494 e. The van der Waals surface area contributed by atoms with Crippen LogP contribution in [-0.4, -0.2) is 50.9 Å². The number of nitrogens with one attached hydrogen (secondary N) is 3. The van der Waals surface area contributed by atoms with Gasteiger partial charge in [0.2, 0.25) is 5.95 Å².